The summed E-state index contributed by atoms with van der Waals surface area (Å²) in [6.45, 7) is 0. The van der Waals surface area contributed by atoms with E-state index in [2.05, 4.69) is 31.0 Å². The van der Waals surface area contributed by atoms with Crippen molar-refractivity contribution in [3.63, 3.8) is 0 Å². The maximum absolute atomic E-state index is 12.4. The fraction of sp³-hybridized carbons (Fsp3) is 0.280. The van der Waals surface area contributed by atoms with Crippen molar-refractivity contribution < 1.29 is 28.3 Å². The summed E-state index contributed by atoms with van der Waals surface area (Å²) in [4.78, 5) is 29.0. The third kappa shape index (κ3) is 7.67. The van der Waals surface area contributed by atoms with Crippen LogP contribution in [0.2, 0.25) is 0 Å². The highest BCUT2D eigenvalue weighted by atomic mass is 32.2. The number of aryl methyl sites for hydroxylation is 1. The van der Waals surface area contributed by atoms with E-state index in [1.807, 2.05) is 12.1 Å². The van der Waals surface area contributed by atoms with E-state index in [1.165, 1.54) is 23.1 Å². The Labute approximate surface area is 232 Å². The molecule has 12 nitrogen and oxygen atoms in total. The second kappa shape index (κ2) is 13.6. The second-order valence-corrected chi connectivity index (χ2v) is 10.2. The van der Waals surface area contributed by atoms with Gasteiger partial charge >= 0.3 is 0 Å². The highest BCUT2D eigenvalue weighted by Crippen LogP contribution is 2.31. The summed E-state index contributed by atoms with van der Waals surface area (Å²) in [5, 5.41) is 18.0. The number of carbonyl (C=O) groups excluding carboxylic acids is 2. The third-order valence-corrected chi connectivity index (χ3v) is 7.24. The van der Waals surface area contributed by atoms with Crippen molar-refractivity contribution in [2.75, 3.05) is 37.7 Å². The molecule has 0 atom stereocenters. The molecule has 0 bridgehead atoms. The van der Waals surface area contributed by atoms with Crippen LogP contribution in [0.3, 0.4) is 0 Å². The van der Waals surface area contributed by atoms with E-state index in [0.717, 1.165) is 0 Å². The van der Waals surface area contributed by atoms with Crippen LogP contribution in [0.15, 0.2) is 51.3 Å². The van der Waals surface area contributed by atoms with Crippen LogP contribution >= 0.6 is 23.1 Å². The van der Waals surface area contributed by atoms with E-state index < -0.39 is 0 Å². The number of thioether (sulfide) groups is 1. The number of hydrogen-bond acceptors (Lipinski definition) is 12. The molecule has 4 rings (SSSR count). The minimum Gasteiger partial charge on any atom is -0.495 e. The Morgan fingerprint density at radius 1 is 0.923 bits per heavy atom. The van der Waals surface area contributed by atoms with Crippen molar-refractivity contribution in [1.29, 1.82) is 0 Å². The normalized spacial score (nSPS) is 10.6. The van der Waals surface area contributed by atoms with Crippen LogP contribution in [0.1, 0.15) is 18.7 Å². The van der Waals surface area contributed by atoms with Gasteiger partial charge in [-0.2, -0.15) is 4.98 Å². The molecule has 0 fully saturated rings. The summed E-state index contributed by atoms with van der Waals surface area (Å²) < 4.78 is 21.7. The number of para-hydroxylation sites is 2. The van der Waals surface area contributed by atoms with Gasteiger partial charge < -0.3 is 29.4 Å². The Bertz CT molecular complexity index is 1430. The first-order valence-electron chi connectivity index (χ1n) is 11.7. The summed E-state index contributed by atoms with van der Waals surface area (Å²) in [6.07, 6.45) is 0.659. The minimum absolute atomic E-state index is 0.124. The van der Waals surface area contributed by atoms with Gasteiger partial charge in [0.15, 0.2) is 15.8 Å². The van der Waals surface area contributed by atoms with Crippen LogP contribution < -0.4 is 24.8 Å². The molecule has 2 N–H and O–H groups in total. The van der Waals surface area contributed by atoms with Gasteiger partial charge in [-0.3, -0.25) is 9.59 Å². The van der Waals surface area contributed by atoms with Crippen molar-refractivity contribution in [2.24, 2.45) is 0 Å². The molecule has 2 aromatic carbocycles. The van der Waals surface area contributed by atoms with Crippen LogP contribution in [0.4, 0.5) is 10.8 Å². The van der Waals surface area contributed by atoms with Gasteiger partial charge in [-0.1, -0.05) is 40.4 Å². The number of rotatable bonds is 13. The number of carbonyl (C=O) groups is 2. The van der Waals surface area contributed by atoms with Crippen LogP contribution in [0.25, 0.3) is 11.4 Å². The Hall–Kier alpha value is -4.17. The molecule has 39 heavy (non-hydrogen) atoms. The molecular formula is C25H26N6O6S2. The van der Waals surface area contributed by atoms with Crippen LogP contribution in [0, 0.1) is 0 Å². The van der Waals surface area contributed by atoms with Crippen molar-refractivity contribution >= 4 is 45.7 Å². The molecule has 0 saturated heterocycles. The number of ether oxygens (including phenoxy) is 3. The summed E-state index contributed by atoms with van der Waals surface area (Å²) in [6, 6.07) is 12.5. The predicted octanol–water partition coefficient (Wildman–Crippen LogP) is 4.31. The number of anilines is 2. The largest absolute Gasteiger partial charge is 0.495 e. The summed E-state index contributed by atoms with van der Waals surface area (Å²) >= 11 is 2.62. The molecule has 204 valence electrons. The van der Waals surface area contributed by atoms with E-state index in [0.29, 0.717) is 55.4 Å². The fourth-order valence-corrected chi connectivity index (χ4v) is 5.14. The molecule has 0 aliphatic rings. The lowest BCUT2D eigenvalue weighted by Gasteiger charge is -2.09. The summed E-state index contributed by atoms with van der Waals surface area (Å²) in [7, 11) is 4.66. The van der Waals surface area contributed by atoms with Gasteiger partial charge in [0.25, 0.3) is 0 Å². The number of aromatic nitrogens is 4. The Balaban J connectivity index is 1.20. The molecule has 14 heteroatoms. The number of hydrogen-bond donors (Lipinski definition) is 2. The molecule has 0 aliphatic carbocycles. The zero-order valence-corrected chi connectivity index (χ0v) is 23.1. The van der Waals surface area contributed by atoms with Gasteiger partial charge in [-0.15, -0.1) is 10.2 Å². The SMILES string of the molecule is COc1ccccc1NC(=O)CCSc1nnc(NC(=O)CCc2nc(-c3ccc(OC)c(OC)c3)no2)s1. The van der Waals surface area contributed by atoms with Crippen LogP contribution in [-0.4, -0.2) is 59.2 Å². The zero-order chi connectivity index (χ0) is 27.6. The average molecular weight is 571 g/mol. The van der Waals surface area contributed by atoms with E-state index >= 15 is 0 Å². The molecule has 2 amide bonds. The van der Waals surface area contributed by atoms with E-state index in [9.17, 15) is 9.59 Å². The maximum atomic E-state index is 12.4. The molecule has 0 aliphatic heterocycles. The first-order chi connectivity index (χ1) is 19.0. The highest BCUT2D eigenvalue weighted by molar-refractivity contribution is 8.01. The molecule has 2 heterocycles. The second-order valence-electron chi connectivity index (χ2n) is 7.85. The lowest BCUT2D eigenvalue weighted by Crippen LogP contribution is -2.12. The van der Waals surface area contributed by atoms with Crippen molar-refractivity contribution in [3.8, 4) is 28.6 Å². The monoisotopic (exact) mass is 570 g/mol. The van der Waals surface area contributed by atoms with Crippen molar-refractivity contribution in [1.82, 2.24) is 20.3 Å². The number of benzene rings is 2. The fourth-order valence-electron chi connectivity index (χ4n) is 3.36. The first kappa shape index (κ1) is 27.9. The number of methoxy groups -OCH3 is 3. The Morgan fingerprint density at radius 2 is 1.69 bits per heavy atom. The molecule has 4 aromatic rings. The summed E-state index contributed by atoms with van der Waals surface area (Å²) in [5.74, 6) is 2.55. The lowest BCUT2D eigenvalue weighted by atomic mass is 10.2. The van der Waals surface area contributed by atoms with E-state index in [-0.39, 0.29) is 31.1 Å². The van der Waals surface area contributed by atoms with E-state index in [4.69, 9.17) is 18.7 Å². The molecule has 0 unspecified atom stereocenters. The quantitative estimate of drug-likeness (QED) is 0.175. The van der Waals surface area contributed by atoms with Gasteiger partial charge in [0.2, 0.25) is 28.7 Å². The maximum Gasteiger partial charge on any atom is 0.227 e. The topological polar surface area (TPSA) is 151 Å². The molecule has 2 aromatic heterocycles. The average Bonchev–Trinajstić information content (AvgIpc) is 3.61. The third-order valence-electron chi connectivity index (χ3n) is 5.26. The molecule has 0 radical (unpaired) electrons. The van der Waals surface area contributed by atoms with Gasteiger partial charge in [0.05, 0.1) is 27.0 Å². The molecule has 0 saturated carbocycles. The van der Waals surface area contributed by atoms with Gasteiger partial charge in [-0.05, 0) is 30.3 Å². The van der Waals surface area contributed by atoms with Crippen LogP contribution in [0.5, 0.6) is 17.2 Å². The number of nitrogens with zero attached hydrogens (tertiary/aromatic N) is 4. The first-order valence-corrected chi connectivity index (χ1v) is 13.5. The minimum atomic E-state index is -0.259. The van der Waals surface area contributed by atoms with Crippen molar-refractivity contribution in [2.45, 2.75) is 23.6 Å². The number of amides is 2. The Kier molecular flexibility index (Phi) is 9.69. The smallest absolute Gasteiger partial charge is 0.227 e. The summed E-state index contributed by atoms with van der Waals surface area (Å²) in [5.41, 5.74) is 1.32. The van der Waals surface area contributed by atoms with Gasteiger partial charge in [-0.25, -0.2) is 0 Å². The number of nitrogens with one attached hydrogen (secondary N) is 2. The van der Waals surface area contributed by atoms with Gasteiger partial charge in [0, 0.05) is 30.6 Å². The molecule has 0 spiro atoms. The van der Waals surface area contributed by atoms with E-state index in [1.54, 1.807) is 51.7 Å². The van der Waals surface area contributed by atoms with Gasteiger partial charge in [0.1, 0.15) is 5.75 Å². The lowest BCUT2D eigenvalue weighted by molar-refractivity contribution is -0.116. The van der Waals surface area contributed by atoms with Crippen molar-refractivity contribution in [3.05, 3.63) is 48.4 Å². The predicted molar refractivity (Wildman–Crippen MR) is 147 cm³/mol. The molecular weight excluding hydrogens is 544 g/mol. The van der Waals surface area contributed by atoms with Crippen LogP contribution in [-0.2, 0) is 16.0 Å². The Morgan fingerprint density at radius 3 is 2.49 bits per heavy atom. The standard InChI is InChI=1S/C25H26N6O6S2/c1-34-17-7-5-4-6-16(17)26-21(33)12-13-38-25-30-29-24(39-25)27-20(32)10-11-22-28-23(31-37-22)15-8-9-18(35-2)19(14-15)36-3/h4-9,14H,10-13H2,1-3H3,(H,26,33)(H,27,29,32). The highest BCUT2D eigenvalue weighted by Gasteiger charge is 2.15. The zero-order valence-electron chi connectivity index (χ0n) is 21.4.